The van der Waals surface area contributed by atoms with Crippen LogP contribution in [0, 0.1) is 6.92 Å². The lowest BCUT2D eigenvalue weighted by Crippen LogP contribution is -2.05. The lowest BCUT2D eigenvalue weighted by atomic mass is 10.1. The van der Waals surface area contributed by atoms with E-state index in [-0.39, 0.29) is 5.91 Å². The number of carbonyl (C=O) groups is 1. The average Bonchev–Trinajstić information content (AvgIpc) is 2.76. The van der Waals surface area contributed by atoms with Gasteiger partial charge in [-0.1, -0.05) is 18.2 Å². The quantitative estimate of drug-likeness (QED) is 0.758. The molecule has 2 aromatic heterocycles. The van der Waals surface area contributed by atoms with E-state index < -0.39 is 0 Å². The number of aromatic nitrogens is 2. The minimum Gasteiger partial charge on any atom is -0.383 e. The Morgan fingerprint density at radius 2 is 2.10 bits per heavy atom. The molecule has 0 bridgehead atoms. The fraction of sp³-hybridized carbons (Fsp3) is 0.125. The number of hydrogen-bond donors (Lipinski definition) is 2. The number of amides is 1. The van der Waals surface area contributed by atoms with Crippen molar-refractivity contribution in [2.45, 2.75) is 13.8 Å². The highest BCUT2D eigenvalue weighted by Gasteiger charge is 2.11. The highest BCUT2D eigenvalue weighted by molar-refractivity contribution is 5.90. The zero-order valence-corrected chi connectivity index (χ0v) is 11.9. The molecule has 1 aromatic carbocycles. The monoisotopic (exact) mass is 280 g/mol. The molecule has 2 heterocycles. The molecule has 0 aliphatic rings. The number of carbonyl (C=O) groups excluding carboxylic acids is 1. The molecule has 1 amide bonds. The first kappa shape index (κ1) is 13.2. The Bertz CT molecular complexity index is 835. The van der Waals surface area contributed by atoms with Gasteiger partial charge in [-0.2, -0.15) is 0 Å². The Hall–Kier alpha value is -2.82. The van der Waals surface area contributed by atoms with Gasteiger partial charge in [-0.25, -0.2) is 4.98 Å². The molecule has 5 heteroatoms. The van der Waals surface area contributed by atoms with Gasteiger partial charge in [0.2, 0.25) is 5.91 Å². The lowest BCUT2D eigenvalue weighted by molar-refractivity contribution is -0.114. The molecular weight excluding hydrogens is 264 g/mol. The molecule has 0 fully saturated rings. The van der Waals surface area contributed by atoms with E-state index in [1.165, 1.54) is 6.92 Å². The predicted molar refractivity (Wildman–Crippen MR) is 84.1 cm³/mol. The molecule has 0 aliphatic carbocycles. The van der Waals surface area contributed by atoms with Crippen LogP contribution in [0.4, 0.5) is 11.5 Å². The van der Waals surface area contributed by atoms with E-state index in [4.69, 9.17) is 5.73 Å². The van der Waals surface area contributed by atoms with Gasteiger partial charge >= 0.3 is 0 Å². The number of rotatable bonds is 2. The number of hydrogen-bond acceptors (Lipinski definition) is 3. The maximum absolute atomic E-state index is 11.2. The van der Waals surface area contributed by atoms with Crippen molar-refractivity contribution in [3.63, 3.8) is 0 Å². The van der Waals surface area contributed by atoms with Gasteiger partial charge in [0.1, 0.15) is 17.2 Å². The summed E-state index contributed by atoms with van der Waals surface area (Å²) in [6.45, 7) is 3.49. The molecular formula is C16H16N4O. The molecule has 0 saturated heterocycles. The van der Waals surface area contributed by atoms with Crippen molar-refractivity contribution in [3.05, 3.63) is 48.2 Å². The summed E-state index contributed by atoms with van der Waals surface area (Å²) in [5.74, 6) is 0.486. The van der Waals surface area contributed by atoms with E-state index in [2.05, 4.69) is 10.3 Å². The van der Waals surface area contributed by atoms with Gasteiger partial charge in [0.15, 0.2) is 0 Å². The maximum atomic E-state index is 11.2. The lowest BCUT2D eigenvalue weighted by Gasteiger charge is -2.04. The summed E-state index contributed by atoms with van der Waals surface area (Å²) in [6.07, 6.45) is 1.96. The number of nitrogen functional groups attached to an aromatic ring is 1. The van der Waals surface area contributed by atoms with Crippen molar-refractivity contribution in [2.24, 2.45) is 0 Å². The summed E-state index contributed by atoms with van der Waals surface area (Å²) in [5, 5.41) is 2.76. The number of nitrogens with zero attached hydrogens (tertiary/aromatic N) is 2. The fourth-order valence-electron chi connectivity index (χ4n) is 2.33. The molecule has 0 atom stereocenters. The first-order valence-corrected chi connectivity index (χ1v) is 6.67. The summed E-state index contributed by atoms with van der Waals surface area (Å²) >= 11 is 0. The molecule has 3 aromatic rings. The van der Waals surface area contributed by atoms with Crippen LogP contribution in [0.1, 0.15) is 12.5 Å². The van der Waals surface area contributed by atoms with Crippen LogP contribution < -0.4 is 11.1 Å². The van der Waals surface area contributed by atoms with Crippen LogP contribution >= 0.6 is 0 Å². The number of aryl methyl sites for hydroxylation is 1. The number of nitrogens with two attached hydrogens (primary N) is 1. The minimum atomic E-state index is -0.106. The zero-order chi connectivity index (χ0) is 15.0. The number of nitrogens with one attached hydrogen (secondary N) is 1. The van der Waals surface area contributed by atoms with Gasteiger partial charge in [0.25, 0.3) is 0 Å². The average molecular weight is 280 g/mol. The van der Waals surface area contributed by atoms with Gasteiger partial charge in [0.05, 0.1) is 0 Å². The largest absolute Gasteiger partial charge is 0.383 e. The third-order valence-electron chi connectivity index (χ3n) is 3.26. The Morgan fingerprint density at radius 1 is 1.29 bits per heavy atom. The van der Waals surface area contributed by atoms with E-state index in [1.807, 2.05) is 53.9 Å². The van der Waals surface area contributed by atoms with Crippen LogP contribution in [-0.4, -0.2) is 15.3 Å². The van der Waals surface area contributed by atoms with E-state index >= 15 is 0 Å². The second-order valence-corrected chi connectivity index (χ2v) is 5.04. The number of imidazole rings is 1. The van der Waals surface area contributed by atoms with Gasteiger partial charge in [0, 0.05) is 24.4 Å². The summed E-state index contributed by atoms with van der Waals surface area (Å²) in [6, 6.07) is 11.4. The summed E-state index contributed by atoms with van der Waals surface area (Å²) < 4.78 is 1.87. The Balaban J connectivity index is 2.12. The van der Waals surface area contributed by atoms with Gasteiger partial charge in [-0.3, -0.25) is 9.20 Å². The van der Waals surface area contributed by atoms with Crippen LogP contribution in [0.5, 0.6) is 0 Å². The van der Waals surface area contributed by atoms with Crippen LogP contribution in [0.25, 0.3) is 16.9 Å². The summed E-state index contributed by atoms with van der Waals surface area (Å²) in [4.78, 5) is 15.7. The standard InChI is InChI=1S/C16H16N4O/c1-10-6-7-14-19-15(16(17)20(14)9-10)12-4-3-5-13(8-12)18-11(2)21/h3-9H,17H2,1-2H3,(H,18,21). The molecule has 0 saturated carbocycles. The van der Waals surface area contributed by atoms with Crippen LogP contribution in [-0.2, 0) is 4.79 Å². The van der Waals surface area contributed by atoms with Gasteiger partial charge in [-0.15, -0.1) is 0 Å². The van der Waals surface area contributed by atoms with Crippen molar-refractivity contribution in [2.75, 3.05) is 11.1 Å². The Labute approximate surface area is 122 Å². The normalized spacial score (nSPS) is 10.8. The third kappa shape index (κ3) is 2.45. The maximum Gasteiger partial charge on any atom is 0.221 e. The van der Waals surface area contributed by atoms with E-state index in [0.717, 1.165) is 22.5 Å². The SMILES string of the molecule is CC(=O)Nc1cccc(-c2nc3ccc(C)cn3c2N)c1. The number of benzene rings is 1. The number of fused-ring (bicyclic) bond motifs is 1. The molecule has 0 spiro atoms. The summed E-state index contributed by atoms with van der Waals surface area (Å²) in [7, 11) is 0. The Morgan fingerprint density at radius 3 is 2.86 bits per heavy atom. The van der Waals surface area contributed by atoms with Crippen molar-refractivity contribution in [3.8, 4) is 11.3 Å². The Kier molecular flexibility index (Phi) is 3.10. The van der Waals surface area contributed by atoms with Gasteiger partial charge < -0.3 is 11.1 Å². The number of anilines is 2. The second kappa shape index (κ2) is 4.94. The molecule has 0 radical (unpaired) electrons. The van der Waals surface area contributed by atoms with Crippen molar-refractivity contribution >= 4 is 23.1 Å². The number of pyridine rings is 1. The van der Waals surface area contributed by atoms with Crippen LogP contribution in [0.3, 0.4) is 0 Å². The smallest absolute Gasteiger partial charge is 0.221 e. The summed E-state index contributed by atoms with van der Waals surface area (Å²) in [5.41, 5.74) is 10.4. The van der Waals surface area contributed by atoms with E-state index in [9.17, 15) is 4.79 Å². The fourth-order valence-corrected chi connectivity index (χ4v) is 2.33. The topological polar surface area (TPSA) is 72.4 Å². The van der Waals surface area contributed by atoms with Crippen molar-refractivity contribution < 1.29 is 4.79 Å². The van der Waals surface area contributed by atoms with Crippen LogP contribution in [0.2, 0.25) is 0 Å². The molecule has 21 heavy (non-hydrogen) atoms. The van der Waals surface area contributed by atoms with Crippen molar-refractivity contribution in [1.82, 2.24) is 9.38 Å². The third-order valence-corrected chi connectivity index (χ3v) is 3.26. The predicted octanol–water partition coefficient (Wildman–Crippen LogP) is 2.85. The van der Waals surface area contributed by atoms with Crippen LogP contribution in [0.15, 0.2) is 42.6 Å². The van der Waals surface area contributed by atoms with Gasteiger partial charge in [-0.05, 0) is 30.7 Å². The van der Waals surface area contributed by atoms with Crippen molar-refractivity contribution in [1.29, 1.82) is 0 Å². The molecule has 0 aliphatic heterocycles. The molecule has 3 N–H and O–H groups in total. The minimum absolute atomic E-state index is 0.106. The first-order chi connectivity index (χ1) is 10.0. The molecule has 5 nitrogen and oxygen atoms in total. The zero-order valence-electron chi connectivity index (χ0n) is 11.9. The first-order valence-electron chi connectivity index (χ1n) is 6.67. The molecule has 3 rings (SSSR count). The highest BCUT2D eigenvalue weighted by Crippen LogP contribution is 2.28. The highest BCUT2D eigenvalue weighted by atomic mass is 16.1. The molecule has 0 unspecified atom stereocenters. The van der Waals surface area contributed by atoms with E-state index in [1.54, 1.807) is 0 Å². The van der Waals surface area contributed by atoms with E-state index in [0.29, 0.717) is 11.5 Å². The molecule has 106 valence electrons. The second-order valence-electron chi connectivity index (χ2n) is 5.04.